The monoisotopic (exact) mass is 412 g/mol. The maximum atomic E-state index is 13.1. The van der Waals surface area contributed by atoms with Crippen LogP contribution in [0.4, 0.5) is 15.9 Å². The molecule has 0 amide bonds. The van der Waals surface area contributed by atoms with E-state index in [1.807, 2.05) is 48.5 Å². The van der Waals surface area contributed by atoms with E-state index in [4.69, 9.17) is 0 Å². The molecule has 6 heteroatoms. The van der Waals surface area contributed by atoms with Gasteiger partial charge in [-0.25, -0.2) is 4.39 Å². The average molecular weight is 413 g/mol. The van der Waals surface area contributed by atoms with Gasteiger partial charge < -0.3 is 9.80 Å². The second kappa shape index (κ2) is 7.41. The van der Waals surface area contributed by atoms with Crippen LogP contribution in [0.3, 0.4) is 0 Å². The molecule has 2 heterocycles. The minimum absolute atomic E-state index is 0.200. The Labute approximate surface area is 160 Å². The van der Waals surface area contributed by atoms with Crippen molar-refractivity contribution in [3.05, 3.63) is 71.0 Å². The Morgan fingerprint density at radius 3 is 2.00 bits per heavy atom. The molecule has 0 saturated carbocycles. The molecule has 132 valence electrons. The van der Waals surface area contributed by atoms with Gasteiger partial charge in [-0.1, -0.05) is 28.1 Å². The van der Waals surface area contributed by atoms with Crippen molar-refractivity contribution in [3.8, 4) is 11.3 Å². The summed E-state index contributed by atoms with van der Waals surface area (Å²) < 4.78 is 14.1. The quantitative estimate of drug-likeness (QED) is 0.639. The summed E-state index contributed by atoms with van der Waals surface area (Å²) in [4.78, 5) is 4.50. The molecule has 26 heavy (non-hydrogen) atoms. The highest BCUT2D eigenvalue weighted by atomic mass is 79.9. The smallest absolute Gasteiger partial charge is 0.151 e. The predicted octanol–water partition coefficient (Wildman–Crippen LogP) is 4.37. The van der Waals surface area contributed by atoms with Crippen LogP contribution in [-0.4, -0.2) is 36.4 Å². The first-order valence-electron chi connectivity index (χ1n) is 8.54. The Hall–Kier alpha value is -2.47. The second-order valence-corrected chi connectivity index (χ2v) is 7.15. The number of halogens is 2. The van der Waals surface area contributed by atoms with Crippen LogP contribution in [0.25, 0.3) is 11.3 Å². The molecule has 1 aromatic heterocycles. The highest BCUT2D eigenvalue weighted by Crippen LogP contribution is 2.22. The highest BCUT2D eigenvalue weighted by molar-refractivity contribution is 9.10. The van der Waals surface area contributed by atoms with E-state index < -0.39 is 0 Å². The summed E-state index contributed by atoms with van der Waals surface area (Å²) in [6.07, 6.45) is 0. The SMILES string of the molecule is Fc1ccc(N2CCN(c3ccc(-c4ccc(Br)cc4)nn3)CC2)cc1. The van der Waals surface area contributed by atoms with Gasteiger partial charge in [0.15, 0.2) is 5.82 Å². The zero-order valence-electron chi connectivity index (χ0n) is 14.1. The van der Waals surface area contributed by atoms with Crippen LogP contribution in [0.15, 0.2) is 65.1 Å². The summed E-state index contributed by atoms with van der Waals surface area (Å²) in [5.41, 5.74) is 2.97. The van der Waals surface area contributed by atoms with Gasteiger partial charge in [0.1, 0.15) is 5.82 Å². The Kier molecular flexibility index (Phi) is 4.84. The summed E-state index contributed by atoms with van der Waals surface area (Å²) in [5, 5.41) is 8.79. The molecule has 0 atom stereocenters. The highest BCUT2D eigenvalue weighted by Gasteiger charge is 2.18. The van der Waals surface area contributed by atoms with Gasteiger partial charge in [-0.15, -0.1) is 10.2 Å². The Bertz CT molecular complexity index is 858. The minimum Gasteiger partial charge on any atom is -0.368 e. The average Bonchev–Trinajstić information content (AvgIpc) is 2.70. The fourth-order valence-electron chi connectivity index (χ4n) is 3.11. The minimum atomic E-state index is -0.200. The number of hydrogen-bond donors (Lipinski definition) is 0. The molecule has 2 aromatic carbocycles. The molecule has 0 radical (unpaired) electrons. The third-order valence-electron chi connectivity index (χ3n) is 4.59. The Morgan fingerprint density at radius 1 is 0.731 bits per heavy atom. The number of benzene rings is 2. The third kappa shape index (κ3) is 3.70. The zero-order valence-corrected chi connectivity index (χ0v) is 15.7. The van der Waals surface area contributed by atoms with Crippen LogP contribution in [0.5, 0.6) is 0 Å². The van der Waals surface area contributed by atoms with Crippen LogP contribution in [0.1, 0.15) is 0 Å². The summed E-state index contributed by atoms with van der Waals surface area (Å²) in [6, 6.07) is 18.8. The standard InChI is InChI=1S/C20H18BrFN4/c21-16-3-1-15(2-4-16)19-9-10-20(24-23-19)26-13-11-25(12-14-26)18-7-5-17(22)6-8-18/h1-10H,11-14H2. The van der Waals surface area contributed by atoms with Crippen molar-refractivity contribution in [3.63, 3.8) is 0 Å². The molecule has 1 aliphatic heterocycles. The predicted molar refractivity (Wildman–Crippen MR) is 106 cm³/mol. The first-order valence-corrected chi connectivity index (χ1v) is 9.33. The van der Waals surface area contributed by atoms with E-state index in [1.54, 1.807) is 0 Å². The lowest BCUT2D eigenvalue weighted by molar-refractivity contribution is 0.623. The lowest BCUT2D eigenvalue weighted by atomic mass is 10.1. The van der Waals surface area contributed by atoms with Crippen LogP contribution in [0, 0.1) is 5.82 Å². The number of rotatable bonds is 3. The van der Waals surface area contributed by atoms with Crippen LogP contribution in [0.2, 0.25) is 0 Å². The first kappa shape index (κ1) is 17.0. The van der Waals surface area contributed by atoms with Gasteiger partial charge in [-0.2, -0.15) is 0 Å². The van der Waals surface area contributed by atoms with Gasteiger partial charge in [0.05, 0.1) is 5.69 Å². The molecule has 1 saturated heterocycles. The number of piperazine rings is 1. The fourth-order valence-corrected chi connectivity index (χ4v) is 3.38. The molecular weight excluding hydrogens is 395 g/mol. The van der Waals surface area contributed by atoms with Crippen LogP contribution in [-0.2, 0) is 0 Å². The largest absolute Gasteiger partial charge is 0.368 e. The third-order valence-corrected chi connectivity index (χ3v) is 5.11. The molecule has 0 unspecified atom stereocenters. The molecule has 1 aliphatic rings. The molecule has 0 spiro atoms. The molecule has 3 aromatic rings. The van der Waals surface area contributed by atoms with Crippen molar-refractivity contribution in [2.24, 2.45) is 0 Å². The number of nitrogens with zero attached hydrogens (tertiary/aromatic N) is 4. The van der Waals surface area contributed by atoms with Gasteiger partial charge in [-0.3, -0.25) is 0 Å². The molecule has 4 nitrogen and oxygen atoms in total. The number of aromatic nitrogens is 2. The van der Waals surface area contributed by atoms with Gasteiger partial charge >= 0.3 is 0 Å². The van der Waals surface area contributed by atoms with Crippen molar-refractivity contribution in [1.82, 2.24) is 10.2 Å². The van der Waals surface area contributed by atoms with Crippen LogP contribution >= 0.6 is 15.9 Å². The van der Waals surface area contributed by atoms with Gasteiger partial charge in [-0.05, 0) is 48.5 Å². The van der Waals surface area contributed by atoms with Crippen molar-refractivity contribution >= 4 is 27.4 Å². The first-order chi connectivity index (χ1) is 12.7. The Balaban J connectivity index is 1.41. The van der Waals surface area contributed by atoms with Crippen molar-refractivity contribution in [1.29, 1.82) is 0 Å². The second-order valence-electron chi connectivity index (χ2n) is 6.23. The topological polar surface area (TPSA) is 32.3 Å². The van der Waals surface area contributed by atoms with Crippen molar-refractivity contribution < 1.29 is 4.39 Å². The van der Waals surface area contributed by atoms with Gasteiger partial charge in [0.2, 0.25) is 0 Å². The summed E-state index contributed by atoms with van der Waals surface area (Å²) in [7, 11) is 0. The van der Waals surface area contributed by atoms with E-state index in [0.29, 0.717) is 0 Å². The lowest BCUT2D eigenvalue weighted by Crippen LogP contribution is -2.46. The van der Waals surface area contributed by atoms with E-state index in [0.717, 1.165) is 53.4 Å². The summed E-state index contributed by atoms with van der Waals surface area (Å²) in [6.45, 7) is 3.48. The van der Waals surface area contributed by atoms with E-state index in [-0.39, 0.29) is 5.82 Å². The van der Waals surface area contributed by atoms with E-state index in [1.165, 1.54) is 12.1 Å². The number of anilines is 2. The Morgan fingerprint density at radius 2 is 1.38 bits per heavy atom. The zero-order chi connectivity index (χ0) is 17.9. The van der Waals surface area contributed by atoms with E-state index in [9.17, 15) is 4.39 Å². The van der Waals surface area contributed by atoms with Crippen molar-refractivity contribution in [2.75, 3.05) is 36.0 Å². The number of hydrogen-bond acceptors (Lipinski definition) is 4. The molecule has 1 fully saturated rings. The van der Waals surface area contributed by atoms with E-state index >= 15 is 0 Å². The van der Waals surface area contributed by atoms with Gasteiger partial charge in [0.25, 0.3) is 0 Å². The molecule has 0 N–H and O–H groups in total. The maximum absolute atomic E-state index is 13.1. The summed E-state index contributed by atoms with van der Waals surface area (Å²) >= 11 is 3.44. The summed E-state index contributed by atoms with van der Waals surface area (Å²) in [5.74, 6) is 0.693. The molecule has 0 bridgehead atoms. The molecule has 4 rings (SSSR count). The molecule has 0 aliphatic carbocycles. The van der Waals surface area contributed by atoms with Crippen LogP contribution < -0.4 is 9.80 Å². The van der Waals surface area contributed by atoms with Gasteiger partial charge in [0, 0.05) is 41.9 Å². The maximum Gasteiger partial charge on any atom is 0.151 e. The fraction of sp³-hybridized carbons (Fsp3) is 0.200. The van der Waals surface area contributed by atoms with Crippen molar-refractivity contribution in [2.45, 2.75) is 0 Å². The molecular formula is C20H18BrFN4. The normalized spacial score (nSPS) is 14.5. The lowest BCUT2D eigenvalue weighted by Gasteiger charge is -2.36. The van der Waals surface area contributed by atoms with E-state index in [2.05, 4.69) is 35.9 Å².